The average Bonchev–Trinajstić information content (AvgIpc) is 3.55. The molecular formula is C24H30N8O4S. The van der Waals surface area contributed by atoms with E-state index in [1.54, 1.807) is 50.4 Å². The number of hydrogen-bond donors (Lipinski definition) is 3. The molecule has 0 radical (unpaired) electrons. The highest BCUT2D eigenvalue weighted by atomic mass is 32.2. The maximum atomic E-state index is 12.8. The van der Waals surface area contributed by atoms with Gasteiger partial charge in [-0.1, -0.05) is 11.8 Å². The highest BCUT2D eigenvalue weighted by Crippen LogP contribution is 2.40. The van der Waals surface area contributed by atoms with Crippen LogP contribution in [0.3, 0.4) is 0 Å². The zero-order valence-corrected chi connectivity index (χ0v) is 22.4. The molecule has 0 saturated carbocycles. The summed E-state index contributed by atoms with van der Waals surface area (Å²) in [5.41, 5.74) is 2.31. The van der Waals surface area contributed by atoms with Crippen molar-refractivity contribution in [3.05, 3.63) is 30.1 Å². The molecule has 4 rings (SSSR count). The van der Waals surface area contributed by atoms with Gasteiger partial charge in [0.15, 0.2) is 22.3 Å². The molecule has 1 aromatic carbocycles. The summed E-state index contributed by atoms with van der Waals surface area (Å²) in [5.74, 6) is 1.94. The van der Waals surface area contributed by atoms with E-state index in [1.807, 2.05) is 6.26 Å². The molecular weight excluding hydrogens is 496 g/mol. The number of anilines is 1. The lowest BCUT2D eigenvalue weighted by Crippen LogP contribution is -2.27. The van der Waals surface area contributed by atoms with Crippen LogP contribution in [0.25, 0.3) is 22.3 Å². The van der Waals surface area contributed by atoms with Crippen molar-refractivity contribution in [2.24, 2.45) is 0 Å². The molecule has 0 aliphatic heterocycles. The number of benzene rings is 1. The van der Waals surface area contributed by atoms with Crippen LogP contribution in [0.15, 0.2) is 29.6 Å². The van der Waals surface area contributed by atoms with Crippen molar-refractivity contribution in [1.82, 2.24) is 35.3 Å². The molecule has 0 aliphatic rings. The maximum Gasteiger partial charge on any atom is 0.269 e. The number of aromatic nitrogens is 6. The van der Waals surface area contributed by atoms with Crippen molar-refractivity contribution in [2.45, 2.75) is 31.6 Å². The van der Waals surface area contributed by atoms with E-state index in [0.29, 0.717) is 58.1 Å². The van der Waals surface area contributed by atoms with E-state index >= 15 is 0 Å². The van der Waals surface area contributed by atoms with Crippen molar-refractivity contribution in [1.29, 1.82) is 0 Å². The zero-order chi connectivity index (χ0) is 26.5. The van der Waals surface area contributed by atoms with Crippen LogP contribution in [-0.4, -0.2) is 76.0 Å². The van der Waals surface area contributed by atoms with Crippen LogP contribution in [0.1, 0.15) is 24.3 Å². The highest BCUT2D eigenvalue weighted by molar-refractivity contribution is 7.98. The molecule has 3 aromatic heterocycles. The molecule has 3 N–H and O–H groups in total. The number of carbonyl (C=O) groups is 1. The van der Waals surface area contributed by atoms with Gasteiger partial charge in [-0.3, -0.25) is 9.89 Å². The van der Waals surface area contributed by atoms with Gasteiger partial charge < -0.3 is 24.8 Å². The lowest BCUT2D eigenvalue weighted by molar-refractivity contribution is 0.0947. The first-order chi connectivity index (χ1) is 17.9. The van der Waals surface area contributed by atoms with E-state index in [9.17, 15) is 4.79 Å². The van der Waals surface area contributed by atoms with Gasteiger partial charge in [-0.05, 0) is 38.3 Å². The minimum Gasteiger partial charge on any atom is -0.493 e. The first-order valence-electron chi connectivity index (χ1n) is 11.6. The summed E-state index contributed by atoms with van der Waals surface area (Å²) in [6.07, 6.45) is 3.67. The summed E-state index contributed by atoms with van der Waals surface area (Å²) < 4.78 is 17.9. The Labute approximate surface area is 218 Å². The molecule has 13 heteroatoms. The standard InChI is InChI=1S/C24H30N8O4S/c1-13(2)27-21-15-12-26-32(22(15)29-24(28-21)37-6)8-7-25-23(33)17-11-16(30-31-17)14-9-18(34-3)20(36-5)19(10-14)35-4/h9-13H,7-8H2,1-6H3,(H,25,33)(H,30,31)(H,27,28,29). The van der Waals surface area contributed by atoms with Crippen LogP contribution in [0, 0.1) is 0 Å². The van der Waals surface area contributed by atoms with E-state index < -0.39 is 0 Å². The molecule has 0 spiro atoms. The minimum atomic E-state index is -0.288. The molecule has 0 saturated heterocycles. The Morgan fingerprint density at radius 3 is 2.46 bits per heavy atom. The van der Waals surface area contributed by atoms with Gasteiger partial charge in [-0.25, -0.2) is 14.6 Å². The maximum absolute atomic E-state index is 12.8. The Kier molecular flexibility index (Phi) is 8.01. The molecule has 12 nitrogen and oxygen atoms in total. The second-order valence-corrected chi connectivity index (χ2v) is 9.07. The van der Waals surface area contributed by atoms with Crippen molar-refractivity contribution in [3.63, 3.8) is 0 Å². The smallest absolute Gasteiger partial charge is 0.269 e. The fraction of sp³-hybridized carbons (Fsp3) is 0.375. The first kappa shape index (κ1) is 26.1. The summed E-state index contributed by atoms with van der Waals surface area (Å²) in [4.78, 5) is 22.0. The highest BCUT2D eigenvalue weighted by Gasteiger charge is 2.18. The number of rotatable bonds is 11. The van der Waals surface area contributed by atoms with Gasteiger partial charge in [-0.2, -0.15) is 10.2 Å². The zero-order valence-electron chi connectivity index (χ0n) is 21.6. The van der Waals surface area contributed by atoms with Gasteiger partial charge in [-0.15, -0.1) is 0 Å². The summed E-state index contributed by atoms with van der Waals surface area (Å²) in [6.45, 7) is 4.89. The molecule has 0 unspecified atom stereocenters. The van der Waals surface area contributed by atoms with Crippen LogP contribution in [0.4, 0.5) is 5.82 Å². The van der Waals surface area contributed by atoms with Gasteiger partial charge in [0.05, 0.1) is 45.2 Å². The lowest BCUT2D eigenvalue weighted by atomic mass is 10.1. The summed E-state index contributed by atoms with van der Waals surface area (Å²) in [7, 11) is 4.63. The molecule has 3 heterocycles. The number of amides is 1. The molecule has 196 valence electrons. The topological polar surface area (TPSA) is 141 Å². The monoisotopic (exact) mass is 526 g/mol. The molecule has 0 aliphatic carbocycles. The third-order valence-electron chi connectivity index (χ3n) is 5.48. The summed E-state index contributed by atoms with van der Waals surface area (Å²) in [5, 5.41) is 19.3. The lowest BCUT2D eigenvalue weighted by Gasteiger charge is -2.13. The van der Waals surface area contributed by atoms with E-state index in [1.165, 1.54) is 11.8 Å². The van der Waals surface area contributed by atoms with Crippen LogP contribution in [-0.2, 0) is 6.54 Å². The Bertz CT molecular complexity index is 1380. The summed E-state index contributed by atoms with van der Waals surface area (Å²) >= 11 is 1.46. The number of nitrogens with zero attached hydrogens (tertiary/aromatic N) is 5. The minimum absolute atomic E-state index is 0.217. The first-order valence-corrected chi connectivity index (χ1v) is 12.8. The van der Waals surface area contributed by atoms with Crippen molar-refractivity contribution in [2.75, 3.05) is 39.4 Å². The van der Waals surface area contributed by atoms with E-state index in [-0.39, 0.29) is 11.9 Å². The number of carbonyl (C=O) groups excluding carboxylic acids is 1. The number of H-pyrrole nitrogens is 1. The number of aromatic amines is 1. The van der Waals surface area contributed by atoms with Gasteiger partial charge in [0.2, 0.25) is 5.75 Å². The van der Waals surface area contributed by atoms with Crippen LogP contribution < -0.4 is 24.8 Å². The number of thioether (sulfide) groups is 1. The van der Waals surface area contributed by atoms with Gasteiger partial charge >= 0.3 is 0 Å². The average molecular weight is 527 g/mol. The van der Waals surface area contributed by atoms with Gasteiger partial charge in [0, 0.05) is 18.2 Å². The molecule has 4 aromatic rings. The number of nitrogens with one attached hydrogen (secondary N) is 3. The van der Waals surface area contributed by atoms with Crippen LogP contribution in [0.5, 0.6) is 17.2 Å². The largest absolute Gasteiger partial charge is 0.493 e. The number of fused-ring (bicyclic) bond motifs is 1. The third-order valence-corrected chi connectivity index (χ3v) is 6.02. The molecule has 0 bridgehead atoms. The van der Waals surface area contributed by atoms with Crippen molar-refractivity contribution < 1.29 is 19.0 Å². The molecule has 0 atom stereocenters. The number of hydrogen-bond acceptors (Lipinski definition) is 10. The predicted octanol–water partition coefficient (Wildman–Crippen LogP) is 3.21. The quantitative estimate of drug-likeness (QED) is 0.197. The SMILES string of the molecule is COc1cc(-c2cc(C(=O)NCCn3ncc4c(NC(C)C)nc(SC)nc43)[nH]n2)cc(OC)c1OC. The van der Waals surface area contributed by atoms with E-state index in [4.69, 9.17) is 14.2 Å². The Balaban J connectivity index is 1.46. The van der Waals surface area contributed by atoms with E-state index in [2.05, 4.69) is 49.7 Å². The second kappa shape index (κ2) is 11.4. The van der Waals surface area contributed by atoms with Crippen molar-refractivity contribution in [3.8, 4) is 28.5 Å². The van der Waals surface area contributed by atoms with Gasteiger partial charge in [0.1, 0.15) is 11.5 Å². The number of ether oxygens (including phenoxy) is 3. The Morgan fingerprint density at radius 2 is 1.84 bits per heavy atom. The van der Waals surface area contributed by atoms with Crippen molar-refractivity contribution >= 4 is 34.5 Å². The van der Waals surface area contributed by atoms with E-state index in [0.717, 1.165) is 11.2 Å². The fourth-order valence-electron chi connectivity index (χ4n) is 3.76. The fourth-order valence-corrected chi connectivity index (χ4v) is 4.12. The van der Waals surface area contributed by atoms with Gasteiger partial charge in [0.25, 0.3) is 5.91 Å². The molecule has 0 fully saturated rings. The molecule has 37 heavy (non-hydrogen) atoms. The second-order valence-electron chi connectivity index (χ2n) is 8.30. The Hall–Kier alpha value is -4.00. The third kappa shape index (κ3) is 5.56. The predicted molar refractivity (Wildman–Crippen MR) is 142 cm³/mol. The van der Waals surface area contributed by atoms with Crippen LogP contribution >= 0.6 is 11.8 Å². The Morgan fingerprint density at radius 1 is 1.11 bits per heavy atom. The number of methoxy groups -OCH3 is 3. The summed E-state index contributed by atoms with van der Waals surface area (Å²) in [6, 6.07) is 5.43. The molecule has 1 amide bonds. The van der Waals surface area contributed by atoms with Crippen LogP contribution in [0.2, 0.25) is 0 Å². The normalized spacial score (nSPS) is 11.1.